The number of carbonyl (C=O) groups excluding carboxylic acids is 2. The van der Waals surface area contributed by atoms with E-state index in [1.807, 2.05) is 23.8 Å². The summed E-state index contributed by atoms with van der Waals surface area (Å²) in [6.45, 7) is 9.30. The van der Waals surface area contributed by atoms with Gasteiger partial charge in [-0.2, -0.15) is 0 Å². The van der Waals surface area contributed by atoms with Gasteiger partial charge in [0.1, 0.15) is 29.7 Å². The molecule has 2 rings (SSSR count). The number of carbonyl (C=O) groups is 2. The average molecular weight is 528 g/mol. The van der Waals surface area contributed by atoms with Crippen LogP contribution in [0.25, 0.3) is 0 Å². The molecule has 1 aromatic rings. The van der Waals surface area contributed by atoms with Crippen LogP contribution in [0.3, 0.4) is 0 Å². The first kappa shape index (κ1) is 31.1. The third-order valence-corrected chi connectivity index (χ3v) is 6.66. The highest BCUT2D eigenvalue weighted by atomic mass is 16.6. The summed E-state index contributed by atoms with van der Waals surface area (Å²) in [6, 6.07) is -0.233. The first-order chi connectivity index (χ1) is 17.5. The Morgan fingerprint density at radius 2 is 1.95 bits per heavy atom. The lowest BCUT2D eigenvalue weighted by Crippen LogP contribution is -2.54. The second kappa shape index (κ2) is 15.3. The van der Waals surface area contributed by atoms with E-state index < -0.39 is 18.3 Å². The van der Waals surface area contributed by atoms with Crippen molar-refractivity contribution in [2.45, 2.75) is 77.9 Å². The number of hydrogen-bond acceptors (Lipinski definition) is 10. The van der Waals surface area contributed by atoms with E-state index in [9.17, 15) is 19.8 Å². The smallest absolute Gasteiger partial charge is 0.237 e. The number of rotatable bonds is 7. The van der Waals surface area contributed by atoms with E-state index in [1.54, 1.807) is 4.90 Å². The molecule has 0 aliphatic carbocycles. The topological polar surface area (TPSA) is 142 Å². The molecule has 1 aliphatic heterocycles. The predicted octanol–water partition coefficient (Wildman–Crippen LogP) is 0.449. The first-order valence-electron chi connectivity index (χ1n) is 13.0. The Labute approximate surface area is 219 Å². The number of ether oxygens (including phenoxy) is 2. The molecule has 2 amide bonds. The number of aromatic nitrogens is 2. The Morgan fingerprint density at radius 3 is 2.54 bits per heavy atom. The van der Waals surface area contributed by atoms with Crippen LogP contribution in [0.4, 0.5) is 0 Å². The van der Waals surface area contributed by atoms with Crippen molar-refractivity contribution in [1.29, 1.82) is 0 Å². The molecule has 0 unspecified atom stereocenters. The zero-order valence-electron chi connectivity index (χ0n) is 23.1. The number of aliphatic hydroxyl groups excluding tert-OH is 2. The van der Waals surface area contributed by atoms with Gasteiger partial charge in [0.15, 0.2) is 0 Å². The fourth-order valence-corrected chi connectivity index (χ4v) is 4.54. The molecule has 0 aromatic carbocycles. The van der Waals surface area contributed by atoms with E-state index in [0.717, 1.165) is 0 Å². The van der Waals surface area contributed by atoms with Crippen molar-refractivity contribution in [2.75, 3.05) is 53.6 Å². The summed E-state index contributed by atoms with van der Waals surface area (Å²) in [4.78, 5) is 31.6. The zero-order chi connectivity index (χ0) is 27.5. The van der Waals surface area contributed by atoms with Crippen LogP contribution in [-0.2, 0) is 25.6 Å². The van der Waals surface area contributed by atoms with E-state index in [4.69, 9.17) is 14.1 Å². The monoisotopic (exact) mass is 527 g/mol. The van der Waals surface area contributed by atoms with E-state index in [0.29, 0.717) is 56.9 Å². The Bertz CT molecular complexity index is 836. The maximum Gasteiger partial charge on any atom is 0.237 e. The molecule has 0 radical (unpaired) electrons. The molecule has 37 heavy (non-hydrogen) atoms. The molecule has 1 aliphatic rings. The summed E-state index contributed by atoms with van der Waals surface area (Å²) in [5.74, 6) is 0.0421. The second-order valence-electron chi connectivity index (χ2n) is 10.4. The fourth-order valence-electron chi connectivity index (χ4n) is 4.54. The number of hydrogen-bond donors (Lipinski definition) is 2. The highest BCUT2D eigenvalue weighted by Gasteiger charge is 2.33. The van der Waals surface area contributed by atoms with Crippen molar-refractivity contribution in [3.05, 3.63) is 11.4 Å². The Kier molecular flexibility index (Phi) is 12.9. The quantitative estimate of drug-likeness (QED) is 0.513. The molecule has 2 N–H and O–H groups in total. The first-order valence-corrected chi connectivity index (χ1v) is 13.0. The van der Waals surface area contributed by atoms with Crippen molar-refractivity contribution in [3.8, 4) is 0 Å². The minimum Gasteiger partial charge on any atom is -0.388 e. The number of nitrogens with zero attached hydrogens (tertiary/aromatic N) is 5. The van der Waals surface area contributed by atoms with E-state index in [2.05, 4.69) is 24.2 Å². The summed E-state index contributed by atoms with van der Waals surface area (Å²) < 4.78 is 15.8. The summed E-state index contributed by atoms with van der Waals surface area (Å²) in [5, 5.41) is 28.7. The molecular formula is C25H45N5O7. The van der Waals surface area contributed by atoms with Crippen LogP contribution >= 0.6 is 0 Å². The van der Waals surface area contributed by atoms with Gasteiger partial charge in [-0.15, -0.1) is 0 Å². The van der Waals surface area contributed by atoms with E-state index >= 15 is 0 Å². The predicted molar refractivity (Wildman–Crippen MR) is 135 cm³/mol. The van der Waals surface area contributed by atoms with Gasteiger partial charge < -0.3 is 29.5 Å². The van der Waals surface area contributed by atoms with Gasteiger partial charge in [-0.3, -0.25) is 14.5 Å². The molecule has 0 bridgehead atoms. The molecule has 1 saturated heterocycles. The van der Waals surface area contributed by atoms with E-state index in [1.165, 1.54) is 14.0 Å². The molecule has 0 saturated carbocycles. The molecule has 1 fully saturated rings. The summed E-state index contributed by atoms with van der Waals surface area (Å²) in [5.41, 5.74) is 1.37. The minimum atomic E-state index is -1.22. The normalized spacial score (nSPS) is 24.9. The average Bonchev–Trinajstić information content (AvgIpc) is 3.22. The molecule has 12 nitrogen and oxygen atoms in total. The van der Waals surface area contributed by atoms with Gasteiger partial charge in [-0.05, 0) is 39.2 Å². The highest BCUT2D eigenvalue weighted by Crippen LogP contribution is 2.18. The van der Waals surface area contributed by atoms with Gasteiger partial charge in [0.25, 0.3) is 0 Å². The van der Waals surface area contributed by atoms with Crippen molar-refractivity contribution in [2.24, 2.45) is 5.92 Å². The van der Waals surface area contributed by atoms with Crippen LogP contribution in [0, 0.1) is 12.8 Å². The highest BCUT2D eigenvalue weighted by molar-refractivity contribution is 5.79. The molecular weight excluding hydrogens is 482 g/mol. The van der Waals surface area contributed by atoms with E-state index in [-0.39, 0.29) is 43.5 Å². The molecule has 1 aromatic heterocycles. The van der Waals surface area contributed by atoms with Crippen LogP contribution in [-0.4, -0.2) is 125 Å². The molecule has 212 valence electrons. The Hall–Kier alpha value is -2.12. The maximum atomic E-state index is 13.6. The summed E-state index contributed by atoms with van der Waals surface area (Å²) in [6.07, 6.45) is -1.07. The molecule has 12 heteroatoms. The molecule has 2 heterocycles. The van der Waals surface area contributed by atoms with Crippen molar-refractivity contribution < 1.29 is 33.9 Å². The van der Waals surface area contributed by atoms with Crippen LogP contribution in [0.1, 0.15) is 51.4 Å². The number of likely N-dealkylation sites (N-methyl/N-ethyl adjacent to an activating group) is 1. The standard InChI is InChI=1S/C25H45N5O7/c1-17(2)11-20-12-29(19(4)31)14-23(35-6)25(34)22(32)16-36-10-8-7-9-30(20)24(33)15-28(5)13-21-18(3)26-37-27-21/h17,20,22-23,25,32,34H,7-16H2,1-6H3/t20-,22+,23+,25+/m0/s1. The minimum absolute atomic E-state index is 0.0408. The zero-order valence-corrected chi connectivity index (χ0v) is 23.1. The third-order valence-electron chi connectivity index (χ3n) is 6.66. The molecule has 0 spiro atoms. The van der Waals surface area contributed by atoms with Gasteiger partial charge in [0.05, 0.1) is 13.2 Å². The summed E-state index contributed by atoms with van der Waals surface area (Å²) >= 11 is 0. The summed E-state index contributed by atoms with van der Waals surface area (Å²) in [7, 11) is 3.28. The Morgan fingerprint density at radius 1 is 1.22 bits per heavy atom. The number of methoxy groups -OCH3 is 1. The van der Waals surface area contributed by atoms with Crippen LogP contribution < -0.4 is 0 Å². The van der Waals surface area contributed by atoms with Gasteiger partial charge in [0, 0.05) is 52.9 Å². The largest absolute Gasteiger partial charge is 0.388 e. The lowest BCUT2D eigenvalue weighted by molar-refractivity contribution is -0.142. The van der Waals surface area contributed by atoms with Crippen LogP contribution in [0.5, 0.6) is 0 Å². The lowest BCUT2D eigenvalue weighted by Gasteiger charge is -2.39. The maximum absolute atomic E-state index is 13.6. The number of amides is 2. The van der Waals surface area contributed by atoms with Crippen molar-refractivity contribution in [1.82, 2.24) is 25.0 Å². The Balaban J connectivity index is 2.28. The van der Waals surface area contributed by atoms with Gasteiger partial charge >= 0.3 is 0 Å². The number of aliphatic hydroxyl groups is 2. The molecule has 4 atom stereocenters. The lowest BCUT2D eigenvalue weighted by atomic mass is 10.00. The van der Waals surface area contributed by atoms with Crippen molar-refractivity contribution >= 4 is 11.8 Å². The van der Waals surface area contributed by atoms with Crippen LogP contribution in [0.15, 0.2) is 4.63 Å². The third kappa shape index (κ3) is 9.93. The number of aryl methyl sites for hydroxylation is 1. The van der Waals surface area contributed by atoms with Gasteiger partial charge in [0.2, 0.25) is 11.8 Å². The van der Waals surface area contributed by atoms with Gasteiger partial charge in [-0.25, -0.2) is 4.63 Å². The van der Waals surface area contributed by atoms with Crippen LogP contribution in [0.2, 0.25) is 0 Å². The van der Waals surface area contributed by atoms with Crippen molar-refractivity contribution in [3.63, 3.8) is 0 Å². The van der Waals surface area contributed by atoms with Gasteiger partial charge in [-0.1, -0.05) is 24.2 Å². The second-order valence-corrected chi connectivity index (χ2v) is 10.4. The fraction of sp³-hybridized carbons (Fsp3) is 0.840. The SMILES string of the molecule is CO[C@@H]1CN(C(C)=O)C[C@H](CC(C)C)N(C(=O)CN(C)Cc2nonc2C)CCCCOC[C@@H](O)[C@H]1O.